The Balaban J connectivity index is 2.12. The van der Waals surface area contributed by atoms with Gasteiger partial charge in [-0.2, -0.15) is 0 Å². The van der Waals surface area contributed by atoms with E-state index in [1.165, 1.54) is 0 Å². The number of amides is 1. The highest BCUT2D eigenvalue weighted by molar-refractivity contribution is 6.05. The van der Waals surface area contributed by atoms with Crippen molar-refractivity contribution in [1.82, 2.24) is 0 Å². The van der Waals surface area contributed by atoms with Gasteiger partial charge in [0.05, 0.1) is 26.0 Å². The molecule has 5 heteroatoms. The number of carbonyl (C=O) groups is 1. The fraction of sp³-hybridized carbons (Fsp3) is 0.381. The summed E-state index contributed by atoms with van der Waals surface area (Å²) in [6.07, 6.45) is 2.93. The second kappa shape index (κ2) is 10.3. The van der Waals surface area contributed by atoms with Crippen LogP contribution in [0.3, 0.4) is 0 Å². The third-order valence-electron chi connectivity index (χ3n) is 3.78. The predicted molar refractivity (Wildman–Crippen MR) is 104 cm³/mol. The summed E-state index contributed by atoms with van der Waals surface area (Å²) >= 11 is 0. The molecule has 0 atom stereocenters. The zero-order valence-electron chi connectivity index (χ0n) is 15.7. The number of methoxy groups -OCH3 is 1. The predicted octanol–water partition coefficient (Wildman–Crippen LogP) is 4.92. The van der Waals surface area contributed by atoms with E-state index in [1.807, 2.05) is 31.2 Å². The first kappa shape index (κ1) is 19.6. The number of carbonyl (C=O) groups excluding carboxylic acids is 1. The van der Waals surface area contributed by atoms with Crippen LogP contribution in [0.2, 0.25) is 0 Å². The van der Waals surface area contributed by atoms with Crippen molar-refractivity contribution in [3.8, 4) is 17.2 Å². The lowest BCUT2D eigenvalue weighted by Crippen LogP contribution is -2.13. The molecule has 2 aromatic carbocycles. The van der Waals surface area contributed by atoms with Gasteiger partial charge in [-0.3, -0.25) is 4.79 Å². The average Bonchev–Trinajstić information content (AvgIpc) is 2.67. The number of hydrogen-bond donors (Lipinski definition) is 1. The van der Waals surface area contributed by atoms with Gasteiger partial charge < -0.3 is 19.5 Å². The minimum atomic E-state index is -0.226. The van der Waals surface area contributed by atoms with E-state index >= 15 is 0 Å². The van der Waals surface area contributed by atoms with Crippen molar-refractivity contribution in [3.63, 3.8) is 0 Å². The fourth-order valence-electron chi connectivity index (χ4n) is 2.36. The Morgan fingerprint density at radius 2 is 1.69 bits per heavy atom. The van der Waals surface area contributed by atoms with Crippen LogP contribution >= 0.6 is 0 Å². The molecule has 0 aromatic heterocycles. The van der Waals surface area contributed by atoms with Crippen LogP contribution < -0.4 is 19.5 Å². The van der Waals surface area contributed by atoms with Gasteiger partial charge in [-0.25, -0.2) is 0 Å². The molecule has 0 unspecified atom stereocenters. The van der Waals surface area contributed by atoms with Gasteiger partial charge in [0.15, 0.2) is 11.5 Å². The van der Waals surface area contributed by atoms with Crippen LogP contribution in [0, 0.1) is 0 Å². The Bertz CT molecular complexity index is 715. The maximum absolute atomic E-state index is 12.6. The van der Waals surface area contributed by atoms with Gasteiger partial charge in [-0.05, 0) is 43.2 Å². The van der Waals surface area contributed by atoms with Gasteiger partial charge in [0.2, 0.25) is 0 Å². The van der Waals surface area contributed by atoms with Crippen LogP contribution in [-0.2, 0) is 0 Å². The van der Waals surface area contributed by atoms with Gasteiger partial charge in [0.25, 0.3) is 5.91 Å². The van der Waals surface area contributed by atoms with E-state index in [1.54, 1.807) is 25.3 Å². The highest BCUT2D eigenvalue weighted by Gasteiger charge is 2.13. The number of benzene rings is 2. The van der Waals surface area contributed by atoms with Crippen LogP contribution in [0.5, 0.6) is 17.2 Å². The summed E-state index contributed by atoms with van der Waals surface area (Å²) in [6.45, 7) is 5.37. The van der Waals surface area contributed by atoms with Gasteiger partial charge in [0.1, 0.15) is 5.75 Å². The third kappa shape index (κ3) is 5.41. The molecule has 140 valence electrons. The molecule has 0 saturated heterocycles. The monoisotopic (exact) mass is 357 g/mol. The maximum atomic E-state index is 12.6. The van der Waals surface area contributed by atoms with Crippen molar-refractivity contribution < 1.29 is 19.0 Å². The zero-order valence-corrected chi connectivity index (χ0v) is 15.7. The second-order valence-corrected chi connectivity index (χ2v) is 5.87. The summed E-state index contributed by atoms with van der Waals surface area (Å²) in [5.41, 5.74) is 1.14. The van der Waals surface area contributed by atoms with Crippen LogP contribution in [0.1, 0.15) is 43.5 Å². The fourth-order valence-corrected chi connectivity index (χ4v) is 2.36. The van der Waals surface area contributed by atoms with Crippen LogP contribution in [0.25, 0.3) is 0 Å². The number of ether oxygens (including phenoxy) is 3. The van der Waals surface area contributed by atoms with Gasteiger partial charge in [0, 0.05) is 5.56 Å². The molecular formula is C21H27NO4. The quantitative estimate of drug-likeness (QED) is 0.614. The zero-order chi connectivity index (χ0) is 18.8. The van der Waals surface area contributed by atoms with Crippen LogP contribution in [-0.4, -0.2) is 26.2 Å². The number of unbranched alkanes of at least 4 members (excludes halogenated alkanes) is 1. The molecule has 0 fully saturated rings. The summed E-state index contributed by atoms with van der Waals surface area (Å²) in [6, 6.07) is 12.6. The normalized spacial score (nSPS) is 10.3. The Morgan fingerprint density at radius 1 is 0.923 bits per heavy atom. The lowest BCUT2D eigenvalue weighted by molar-refractivity contribution is 0.102. The molecule has 2 aromatic rings. The SMILES string of the molecule is CCCCOc1ccc(C(=O)Nc2ccccc2OCCC)cc1OC. The van der Waals surface area contributed by atoms with Crippen molar-refractivity contribution >= 4 is 11.6 Å². The highest BCUT2D eigenvalue weighted by atomic mass is 16.5. The molecule has 0 saturated carbocycles. The van der Waals surface area contributed by atoms with E-state index in [0.717, 1.165) is 19.3 Å². The first-order valence-corrected chi connectivity index (χ1v) is 9.03. The van der Waals surface area contributed by atoms with Crippen LogP contribution in [0.15, 0.2) is 42.5 Å². The molecule has 0 aliphatic rings. The van der Waals surface area contributed by atoms with Crippen LogP contribution in [0.4, 0.5) is 5.69 Å². The molecule has 2 rings (SSSR count). The standard InChI is InChI=1S/C21H27NO4/c1-4-6-14-26-19-12-11-16(15-20(19)24-3)21(23)22-17-9-7-8-10-18(17)25-13-5-2/h7-12,15H,4-6,13-14H2,1-3H3,(H,22,23). The largest absolute Gasteiger partial charge is 0.493 e. The smallest absolute Gasteiger partial charge is 0.255 e. The Hall–Kier alpha value is -2.69. The van der Waals surface area contributed by atoms with Gasteiger partial charge in [-0.15, -0.1) is 0 Å². The average molecular weight is 357 g/mol. The van der Waals surface area contributed by atoms with E-state index in [4.69, 9.17) is 14.2 Å². The first-order valence-electron chi connectivity index (χ1n) is 9.03. The number of hydrogen-bond acceptors (Lipinski definition) is 4. The van der Waals surface area contributed by atoms with Crippen molar-refractivity contribution in [2.45, 2.75) is 33.1 Å². The summed E-state index contributed by atoms with van der Waals surface area (Å²) < 4.78 is 16.8. The van der Waals surface area contributed by atoms with E-state index in [2.05, 4.69) is 12.2 Å². The molecule has 0 aliphatic carbocycles. The molecule has 26 heavy (non-hydrogen) atoms. The maximum Gasteiger partial charge on any atom is 0.255 e. The van der Waals surface area contributed by atoms with Crippen molar-refractivity contribution in [3.05, 3.63) is 48.0 Å². The van der Waals surface area contributed by atoms with Crippen molar-refractivity contribution in [2.75, 3.05) is 25.6 Å². The lowest BCUT2D eigenvalue weighted by Gasteiger charge is -2.14. The lowest BCUT2D eigenvalue weighted by atomic mass is 10.1. The number of nitrogens with one attached hydrogen (secondary N) is 1. The van der Waals surface area contributed by atoms with Crippen molar-refractivity contribution in [2.24, 2.45) is 0 Å². The van der Waals surface area contributed by atoms with E-state index < -0.39 is 0 Å². The molecule has 0 aliphatic heterocycles. The first-order chi connectivity index (χ1) is 12.7. The molecule has 0 radical (unpaired) electrons. The third-order valence-corrected chi connectivity index (χ3v) is 3.78. The number of rotatable bonds is 10. The minimum absolute atomic E-state index is 0.226. The van der Waals surface area contributed by atoms with Crippen molar-refractivity contribution in [1.29, 1.82) is 0 Å². The molecule has 1 N–H and O–H groups in total. The van der Waals surface area contributed by atoms with E-state index in [-0.39, 0.29) is 5.91 Å². The van der Waals surface area contributed by atoms with E-state index in [0.29, 0.717) is 41.7 Å². The molecule has 1 amide bonds. The molecule has 5 nitrogen and oxygen atoms in total. The Labute approximate surface area is 155 Å². The molecule has 0 spiro atoms. The number of anilines is 1. The summed E-state index contributed by atoms with van der Waals surface area (Å²) in [5, 5.41) is 2.90. The molecular weight excluding hydrogens is 330 g/mol. The summed E-state index contributed by atoms with van der Waals surface area (Å²) in [4.78, 5) is 12.6. The van der Waals surface area contributed by atoms with Gasteiger partial charge >= 0.3 is 0 Å². The van der Waals surface area contributed by atoms with E-state index in [9.17, 15) is 4.79 Å². The van der Waals surface area contributed by atoms with Gasteiger partial charge in [-0.1, -0.05) is 32.4 Å². The number of para-hydroxylation sites is 2. The second-order valence-electron chi connectivity index (χ2n) is 5.87. The summed E-state index contributed by atoms with van der Waals surface area (Å²) in [7, 11) is 1.57. The highest BCUT2D eigenvalue weighted by Crippen LogP contribution is 2.29. The molecule has 0 heterocycles. The molecule has 0 bridgehead atoms. The minimum Gasteiger partial charge on any atom is -0.493 e. The summed E-state index contributed by atoms with van der Waals surface area (Å²) in [5.74, 6) is 1.62. The topological polar surface area (TPSA) is 56.8 Å². The Kier molecular flexibility index (Phi) is 7.80. The Morgan fingerprint density at radius 3 is 2.42 bits per heavy atom.